The number of rotatable bonds is 7. The summed E-state index contributed by atoms with van der Waals surface area (Å²) >= 11 is 0. The lowest BCUT2D eigenvalue weighted by atomic mass is 10.0. The van der Waals surface area contributed by atoms with Gasteiger partial charge in [-0.2, -0.15) is 0 Å². The molecule has 1 fully saturated rings. The topological polar surface area (TPSA) is 104 Å². The average molecular weight is 484 g/mol. The molecule has 3 heterocycles. The number of halogens is 1. The van der Waals surface area contributed by atoms with E-state index in [1.54, 1.807) is 42.7 Å². The fourth-order valence-electron chi connectivity index (χ4n) is 4.21. The average Bonchev–Trinajstić information content (AvgIpc) is 2.90. The summed E-state index contributed by atoms with van der Waals surface area (Å²) in [6, 6.07) is 14.2. The maximum atomic E-state index is 15.1. The lowest BCUT2D eigenvalue weighted by Crippen LogP contribution is -2.35. The number of hydrogen-bond donors (Lipinski definition) is 4. The maximum Gasteiger partial charge on any atom is 0.247 e. The van der Waals surface area contributed by atoms with E-state index < -0.39 is 5.82 Å². The molecule has 2 aromatic heterocycles. The van der Waals surface area contributed by atoms with Crippen LogP contribution in [-0.4, -0.2) is 40.0 Å². The van der Waals surface area contributed by atoms with Crippen molar-refractivity contribution >= 4 is 40.0 Å². The SMILES string of the molecule is C=CC(=O)Nc1cccc(-c2c(F)ccc3cnc(Nc4ccc(NC5CCNCC5)nc4)nc23)c1. The summed E-state index contributed by atoms with van der Waals surface area (Å²) in [4.78, 5) is 25.2. The van der Waals surface area contributed by atoms with E-state index >= 15 is 4.39 Å². The van der Waals surface area contributed by atoms with Crippen LogP contribution >= 0.6 is 0 Å². The second kappa shape index (κ2) is 10.5. The van der Waals surface area contributed by atoms with Crippen LogP contribution in [0.25, 0.3) is 22.0 Å². The van der Waals surface area contributed by atoms with Crippen LogP contribution in [0.3, 0.4) is 0 Å². The highest BCUT2D eigenvalue weighted by Gasteiger charge is 2.15. The number of nitrogens with one attached hydrogen (secondary N) is 4. The zero-order valence-electron chi connectivity index (χ0n) is 19.6. The molecular weight excluding hydrogens is 457 g/mol. The third-order valence-electron chi connectivity index (χ3n) is 6.02. The van der Waals surface area contributed by atoms with E-state index in [1.165, 1.54) is 12.1 Å². The number of fused-ring (bicyclic) bond motifs is 1. The van der Waals surface area contributed by atoms with E-state index in [4.69, 9.17) is 0 Å². The second-order valence-electron chi connectivity index (χ2n) is 8.55. The first-order chi connectivity index (χ1) is 17.6. The van der Waals surface area contributed by atoms with Crippen molar-refractivity contribution in [1.29, 1.82) is 0 Å². The van der Waals surface area contributed by atoms with Gasteiger partial charge in [0.2, 0.25) is 11.9 Å². The Bertz CT molecular complexity index is 1400. The zero-order valence-corrected chi connectivity index (χ0v) is 19.6. The molecule has 0 unspecified atom stereocenters. The molecule has 9 heteroatoms. The number of hydrogen-bond acceptors (Lipinski definition) is 7. The summed E-state index contributed by atoms with van der Waals surface area (Å²) in [5.74, 6) is 0.380. The summed E-state index contributed by atoms with van der Waals surface area (Å²) in [7, 11) is 0. The molecule has 0 aliphatic carbocycles. The van der Waals surface area contributed by atoms with E-state index in [0.717, 1.165) is 37.4 Å². The molecule has 1 aliphatic rings. The Balaban J connectivity index is 1.40. The van der Waals surface area contributed by atoms with Crippen molar-refractivity contribution in [3.05, 3.63) is 79.4 Å². The number of piperidine rings is 1. The van der Waals surface area contributed by atoms with Crippen LogP contribution in [0.1, 0.15) is 12.8 Å². The van der Waals surface area contributed by atoms with Gasteiger partial charge in [-0.1, -0.05) is 18.7 Å². The lowest BCUT2D eigenvalue weighted by molar-refractivity contribution is -0.111. The lowest BCUT2D eigenvalue weighted by Gasteiger charge is -2.24. The molecule has 0 radical (unpaired) electrons. The number of amides is 1. The minimum Gasteiger partial charge on any atom is -0.367 e. The quantitative estimate of drug-likeness (QED) is 0.278. The molecule has 36 heavy (non-hydrogen) atoms. The van der Waals surface area contributed by atoms with E-state index in [2.05, 4.69) is 42.8 Å². The first-order valence-electron chi connectivity index (χ1n) is 11.8. The van der Waals surface area contributed by atoms with E-state index in [1.807, 2.05) is 12.1 Å². The van der Waals surface area contributed by atoms with Crippen molar-refractivity contribution in [3.63, 3.8) is 0 Å². The molecule has 182 valence electrons. The molecule has 5 rings (SSSR count). The zero-order chi connectivity index (χ0) is 24.9. The molecule has 0 atom stereocenters. The molecular formula is C27H26FN7O. The highest BCUT2D eigenvalue weighted by Crippen LogP contribution is 2.32. The van der Waals surface area contributed by atoms with Gasteiger partial charge in [0.05, 0.1) is 17.4 Å². The Hall–Kier alpha value is -4.37. The monoisotopic (exact) mass is 483 g/mol. The number of benzene rings is 2. The summed E-state index contributed by atoms with van der Waals surface area (Å²) < 4.78 is 15.1. The number of carbonyl (C=O) groups excluding carboxylic acids is 1. The molecule has 1 aliphatic heterocycles. The molecule has 0 spiro atoms. The standard InChI is InChI=1S/C27H26FN7O/c1-2-24(36)33-20-5-3-4-17(14-20)25-22(28)8-6-18-15-31-27(35-26(18)25)34-21-7-9-23(30-16-21)32-19-10-12-29-13-11-19/h2-9,14-16,19,29H,1,10-13H2,(H,30,32)(H,33,36)(H,31,34,35). The third-order valence-corrected chi connectivity index (χ3v) is 6.02. The minimum absolute atomic E-state index is 0.325. The summed E-state index contributed by atoms with van der Waals surface area (Å²) in [6.07, 6.45) is 6.68. The van der Waals surface area contributed by atoms with Crippen molar-refractivity contribution in [1.82, 2.24) is 20.3 Å². The van der Waals surface area contributed by atoms with Gasteiger partial charge in [0, 0.05) is 28.9 Å². The van der Waals surface area contributed by atoms with E-state index in [-0.39, 0.29) is 5.91 Å². The Morgan fingerprint density at radius 1 is 1.06 bits per heavy atom. The van der Waals surface area contributed by atoms with Gasteiger partial charge in [-0.05, 0) is 74.0 Å². The molecule has 8 nitrogen and oxygen atoms in total. The van der Waals surface area contributed by atoms with Gasteiger partial charge in [0.15, 0.2) is 0 Å². The van der Waals surface area contributed by atoms with Gasteiger partial charge in [-0.3, -0.25) is 4.79 Å². The Morgan fingerprint density at radius 2 is 1.92 bits per heavy atom. The fraction of sp³-hybridized carbons (Fsp3) is 0.185. The summed E-state index contributed by atoms with van der Waals surface area (Å²) in [5.41, 5.74) is 2.62. The van der Waals surface area contributed by atoms with Gasteiger partial charge in [-0.25, -0.2) is 19.3 Å². The summed E-state index contributed by atoms with van der Waals surface area (Å²) in [6.45, 7) is 5.47. The third kappa shape index (κ3) is 5.31. The van der Waals surface area contributed by atoms with Gasteiger partial charge in [-0.15, -0.1) is 0 Å². The van der Waals surface area contributed by atoms with Crippen molar-refractivity contribution in [2.45, 2.75) is 18.9 Å². The number of anilines is 4. The number of nitrogens with zero attached hydrogens (tertiary/aromatic N) is 3. The predicted molar refractivity (Wildman–Crippen MR) is 141 cm³/mol. The van der Waals surface area contributed by atoms with Crippen LogP contribution in [-0.2, 0) is 4.79 Å². The Labute approximate surface area is 208 Å². The van der Waals surface area contributed by atoms with Gasteiger partial charge in [0.1, 0.15) is 11.6 Å². The van der Waals surface area contributed by atoms with Crippen LogP contribution in [0.5, 0.6) is 0 Å². The first kappa shape index (κ1) is 23.4. The van der Waals surface area contributed by atoms with Crippen molar-refractivity contribution in [3.8, 4) is 11.1 Å². The molecule has 0 saturated carbocycles. The van der Waals surface area contributed by atoms with Crippen LogP contribution in [0, 0.1) is 5.82 Å². The number of carbonyl (C=O) groups is 1. The smallest absolute Gasteiger partial charge is 0.247 e. The Kier molecular flexibility index (Phi) is 6.81. The molecule has 2 aromatic carbocycles. The van der Waals surface area contributed by atoms with Crippen molar-refractivity contribution in [2.75, 3.05) is 29.0 Å². The van der Waals surface area contributed by atoms with Crippen LogP contribution < -0.4 is 21.3 Å². The molecule has 1 amide bonds. The largest absolute Gasteiger partial charge is 0.367 e. The second-order valence-corrected chi connectivity index (χ2v) is 8.55. The predicted octanol–water partition coefficient (Wildman–Crippen LogP) is 4.86. The summed E-state index contributed by atoms with van der Waals surface area (Å²) in [5, 5.41) is 13.4. The molecule has 4 aromatic rings. The molecule has 4 N–H and O–H groups in total. The fourth-order valence-corrected chi connectivity index (χ4v) is 4.21. The molecule has 1 saturated heterocycles. The molecule has 0 bridgehead atoms. The van der Waals surface area contributed by atoms with Crippen molar-refractivity contribution < 1.29 is 9.18 Å². The maximum absolute atomic E-state index is 15.1. The first-order valence-corrected chi connectivity index (χ1v) is 11.8. The number of aromatic nitrogens is 3. The normalized spacial score (nSPS) is 13.8. The van der Waals surface area contributed by atoms with Gasteiger partial charge >= 0.3 is 0 Å². The Morgan fingerprint density at radius 3 is 2.69 bits per heavy atom. The highest BCUT2D eigenvalue weighted by molar-refractivity contribution is 6.00. The van der Waals surface area contributed by atoms with E-state index in [0.29, 0.717) is 39.7 Å². The van der Waals surface area contributed by atoms with Crippen LogP contribution in [0.2, 0.25) is 0 Å². The minimum atomic E-state index is -0.422. The van der Waals surface area contributed by atoms with Gasteiger partial charge < -0.3 is 21.3 Å². The van der Waals surface area contributed by atoms with Gasteiger partial charge in [0.25, 0.3) is 0 Å². The highest BCUT2D eigenvalue weighted by atomic mass is 19.1. The number of pyridine rings is 1. The van der Waals surface area contributed by atoms with Crippen LogP contribution in [0.15, 0.2) is 73.6 Å². The van der Waals surface area contributed by atoms with Crippen molar-refractivity contribution in [2.24, 2.45) is 0 Å². The van der Waals surface area contributed by atoms with E-state index in [9.17, 15) is 4.79 Å². The van der Waals surface area contributed by atoms with Crippen LogP contribution in [0.4, 0.5) is 27.5 Å².